The molecule has 1 unspecified atom stereocenters. The Bertz CT molecular complexity index is 318. The van der Waals surface area contributed by atoms with Gasteiger partial charge in [0.1, 0.15) is 9.63 Å². The predicted octanol–water partition coefficient (Wildman–Crippen LogP) is 0.613. The fourth-order valence-electron chi connectivity index (χ4n) is 0.597. The first kappa shape index (κ1) is 9.34. The van der Waals surface area contributed by atoms with Gasteiger partial charge in [0.15, 0.2) is 11.0 Å². The molecular formula is C6H5BrN2O2S. The zero-order valence-electron chi connectivity index (χ0n) is 5.86. The molecule has 0 spiro atoms. The number of aromatic nitrogens is 1. The number of carbonyl (C=O) groups is 1. The monoisotopic (exact) mass is 248 g/mol. The van der Waals surface area contributed by atoms with Crippen LogP contribution in [0.5, 0.6) is 0 Å². The van der Waals surface area contributed by atoms with Crippen LogP contribution in [0.1, 0.15) is 0 Å². The van der Waals surface area contributed by atoms with Gasteiger partial charge in [-0.25, -0.2) is 9.19 Å². The summed E-state index contributed by atoms with van der Waals surface area (Å²) in [5.74, 6) is 0. The van der Waals surface area contributed by atoms with Crippen LogP contribution in [0.3, 0.4) is 0 Å². The number of nitrogens with zero attached hydrogens (tertiary/aromatic N) is 1. The average molecular weight is 249 g/mol. The summed E-state index contributed by atoms with van der Waals surface area (Å²) >= 11 is 3.12. The van der Waals surface area contributed by atoms with Crippen LogP contribution in [-0.2, 0) is 15.8 Å². The second-order valence-corrected chi connectivity index (χ2v) is 3.81. The van der Waals surface area contributed by atoms with E-state index < -0.39 is 11.0 Å². The zero-order chi connectivity index (χ0) is 8.97. The molecule has 0 aromatic carbocycles. The molecule has 0 saturated carbocycles. The van der Waals surface area contributed by atoms with Crippen LogP contribution < -0.4 is 4.72 Å². The lowest BCUT2D eigenvalue weighted by Gasteiger charge is -1.97. The van der Waals surface area contributed by atoms with E-state index >= 15 is 0 Å². The summed E-state index contributed by atoms with van der Waals surface area (Å²) in [5, 5.41) is 0.316. The fourth-order valence-corrected chi connectivity index (χ4v) is 1.65. The first-order chi connectivity index (χ1) is 5.74. The molecule has 64 valence electrons. The van der Waals surface area contributed by atoms with Crippen LogP contribution in [0.25, 0.3) is 0 Å². The van der Waals surface area contributed by atoms with E-state index in [0.717, 1.165) is 0 Å². The molecule has 0 fully saturated rings. The van der Waals surface area contributed by atoms with Crippen LogP contribution >= 0.6 is 15.9 Å². The zero-order valence-corrected chi connectivity index (χ0v) is 8.26. The van der Waals surface area contributed by atoms with Crippen molar-refractivity contribution in [3.8, 4) is 0 Å². The summed E-state index contributed by atoms with van der Waals surface area (Å²) in [7, 11) is -1.55. The van der Waals surface area contributed by atoms with E-state index in [1.165, 1.54) is 0 Å². The Labute approximate surface area is 80.1 Å². The van der Waals surface area contributed by atoms with Crippen molar-refractivity contribution < 1.29 is 9.00 Å². The van der Waals surface area contributed by atoms with Gasteiger partial charge in [-0.1, -0.05) is 6.07 Å². The third kappa shape index (κ3) is 2.38. The first-order valence-electron chi connectivity index (χ1n) is 2.98. The van der Waals surface area contributed by atoms with E-state index in [-0.39, 0.29) is 0 Å². The highest BCUT2D eigenvalue weighted by Crippen LogP contribution is 2.07. The summed E-state index contributed by atoms with van der Waals surface area (Å²) < 4.78 is 13.8. The number of pyridine rings is 1. The van der Waals surface area contributed by atoms with Gasteiger partial charge in [-0.3, -0.25) is 9.52 Å². The Kier molecular flexibility index (Phi) is 3.36. The highest BCUT2D eigenvalue weighted by atomic mass is 79.9. The molecule has 1 aromatic heterocycles. The summed E-state index contributed by atoms with van der Waals surface area (Å²) in [4.78, 5) is 13.8. The molecule has 0 bridgehead atoms. The molecule has 1 rings (SSSR count). The minimum atomic E-state index is -1.55. The lowest BCUT2D eigenvalue weighted by atomic mass is 10.5. The minimum Gasteiger partial charge on any atom is -0.278 e. The topological polar surface area (TPSA) is 59.1 Å². The Morgan fingerprint density at radius 3 is 2.92 bits per heavy atom. The molecule has 0 saturated heterocycles. The number of nitrogens with one attached hydrogen (secondary N) is 1. The van der Waals surface area contributed by atoms with E-state index in [9.17, 15) is 9.00 Å². The molecule has 4 nitrogen and oxygen atoms in total. The maximum absolute atomic E-state index is 11.1. The van der Waals surface area contributed by atoms with E-state index in [1.54, 1.807) is 18.2 Å². The SMILES string of the molecule is O=CNS(=O)c1cccc(Br)n1. The Hall–Kier alpha value is -0.750. The van der Waals surface area contributed by atoms with Crippen molar-refractivity contribution in [3.63, 3.8) is 0 Å². The molecule has 0 aliphatic carbocycles. The molecule has 1 heterocycles. The number of hydrogen-bond acceptors (Lipinski definition) is 3. The minimum absolute atomic E-state index is 0.316. The number of amides is 1. The molecular weight excluding hydrogens is 244 g/mol. The standard InChI is InChI=1S/C6H5BrN2O2S/c7-5-2-1-3-6(9-5)12(11)8-4-10/h1-4H,(H,8,10). The van der Waals surface area contributed by atoms with Crippen LogP contribution in [-0.4, -0.2) is 15.6 Å². The van der Waals surface area contributed by atoms with Crippen molar-refractivity contribution in [2.24, 2.45) is 0 Å². The lowest BCUT2D eigenvalue weighted by Crippen LogP contribution is -2.15. The molecule has 1 amide bonds. The van der Waals surface area contributed by atoms with Gasteiger partial charge in [0, 0.05) is 0 Å². The van der Waals surface area contributed by atoms with Gasteiger partial charge >= 0.3 is 0 Å². The molecule has 1 atom stereocenters. The van der Waals surface area contributed by atoms with Gasteiger partial charge < -0.3 is 0 Å². The summed E-state index contributed by atoms with van der Waals surface area (Å²) in [6.45, 7) is 0. The van der Waals surface area contributed by atoms with Crippen LogP contribution in [0.4, 0.5) is 0 Å². The largest absolute Gasteiger partial charge is 0.278 e. The molecule has 12 heavy (non-hydrogen) atoms. The van der Waals surface area contributed by atoms with Crippen molar-refractivity contribution in [2.45, 2.75) is 5.03 Å². The summed E-state index contributed by atoms with van der Waals surface area (Å²) in [6, 6.07) is 4.97. The average Bonchev–Trinajstić information content (AvgIpc) is 2.05. The molecule has 0 aliphatic rings. The number of rotatable bonds is 3. The van der Waals surface area contributed by atoms with Crippen LogP contribution in [0, 0.1) is 0 Å². The van der Waals surface area contributed by atoms with Crippen molar-refractivity contribution in [3.05, 3.63) is 22.8 Å². The Balaban J connectivity index is 2.87. The highest BCUT2D eigenvalue weighted by Gasteiger charge is 2.02. The van der Waals surface area contributed by atoms with E-state index in [4.69, 9.17) is 0 Å². The fraction of sp³-hybridized carbons (Fsp3) is 0. The molecule has 1 aromatic rings. The molecule has 0 aliphatic heterocycles. The van der Waals surface area contributed by atoms with Crippen molar-refractivity contribution >= 4 is 33.3 Å². The van der Waals surface area contributed by atoms with E-state index in [2.05, 4.69) is 25.6 Å². The van der Waals surface area contributed by atoms with Crippen LogP contribution in [0.15, 0.2) is 27.8 Å². The smallest absolute Gasteiger partial charge is 0.219 e. The van der Waals surface area contributed by atoms with Gasteiger partial charge in [0.2, 0.25) is 6.41 Å². The molecule has 1 N–H and O–H groups in total. The van der Waals surface area contributed by atoms with Crippen LogP contribution in [0.2, 0.25) is 0 Å². The molecule has 0 radical (unpaired) electrons. The quantitative estimate of drug-likeness (QED) is 0.630. The van der Waals surface area contributed by atoms with Gasteiger partial charge in [-0.05, 0) is 28.1 Å². The highest BCUT2D eigenvalue weighted by molar-refractivity contribution is 9.10. The predicted molar refractivity (Wildman–Crippen MR) is 47.5 cm³/mol. The first-order valence-corrected chi connectivity index (χ1v) is 4.92. The van der Waals surface area contributed by atoms with Crippen molar-refractivity contribution in [2.75, 3.05) is 0 Å². The Morgan fingerprint density at radius 2 is 2.33 bits per heavy atom. The number of halogens is 1. The second kappa shape index (κ2) is 4.32. The van der Waals surface area contributed by atoms with Gasteiger partial charge in [0.25, 0.3) is 0 Å². The van der Waals surface area contributed by atoms with Crippen molar-refractivity contribution in [1.82, 2.24) is 9.71 Å². The van der Waals surface area contributed by atoms with E-state index in [1.807, 2.05) is 0 Å². The second-order valence-electron chi connectivity index (χ2n) is 1.80. The number of carbonyl (C=O) groups excluding carboxylic acids is 1. The Morgan fingerprint density at radius 1 is 1.58 bits per heavy atom. The maximum atomic E-state index is 11.1. The summed E-state index contributed by atoms with van der Waals surface area (Å²) in [6.07, 6.45) is 0.374. The van der Waals surface area contributed by atoms with Crippen molar-refractivity contribution in [1.29, 1.82) is 0 Å². The maximum Gasteiger partial charge on any atom is 0.219 e. The van der Waals surface area contributed by atoms with Gasteiger partial charge in [-0.2, -0.15) is 0 Å². The third-order valence-corrected chi connectivity index (χ3v) is 2.39. The molecule has 6 heteroatoms. The normalized spacial score (nSPS) is 12.1. The lowest BCUT2D eigenvalue weighted by molar-refractivity contribution is -0.108. The third-order valence-electron chi connectivity index (χ3n) is 1.03. The summed E-state index contributed by atoms with van der Waals surface area (Å²) in [5.41, 5.74) is 0. The van der Waals surface area contributed by atoms with Gasteiger partial charge in [0.05, 0.1) is 0 Å². The van der Waals surface area contributed by atoms with E-state index in [0.29, 0.717) is 16.0 Å². The van der Waals surface area contributed by atoms with Gasteiger partial charge in [-0.15, -0.1) is 0 Å². The number of hydrogen-bond donors (Lipinski definition) is 1.